The maximum absolute atomic E-state index is 11.8. The van der Waals surface area contributed by atoms with Crippen LogP contribution in [0.4, 0.5) is 0 Å². The van der Waals surface area contributed by atoms with Gasteiger partial charge in [0.25, 0.3) is 5.56 Å². The van der Waals surface area contributed by atoms with E-state index in [2.05, 4.69) is 32.9 Å². The van der Waals surface area contributed by atoms with E-state index in [1.165, 1.54) is 0 Å². The number of nitrogens with one attached hydrogen (secondary N) is 1. The summed E-state index contributed by atoms with van der Waals surface area (Å²) < 4.78 is 2.44. The second kappa shape index (κ2) is 3.98. The Labute approximate surface area is 95.9 Å². The number of nitrogens with zero attached hydrogens (tertiary/aromatic N) is 2. The van der Waals surface area contributed by atoms with Gasteiger partial charge in [-0.25, -0.2) is 4.98 Å². The first-order chi connectivity index (χ1) is 6.68. The molecule has 1 aliphatic heterocycles. The van der Waals surface area contributed by atoms with Gasteiger partial charge in [0.05, 0.1) is 15.6 Å². The lowest BCUT2D eigenvalue weighted by Gasteiger charge is -2.27. The van der Waals surface area contributed by atoms with Gasteiger partial charge >= 0.3 is 0 Å². The average molecular weight is 305 g/mol. The highest BCUT2D eigenvalue weighted by atomic mass is 127. The summed E-state index contributed by atoms with van der Waals surface area (Å²) >= 11 is 2.06. The molecule has 1 fully saturated rings. The third-order valence-electron chi connectivity index (χ3n) is 2.48. The standard InChI is InChI=1S/C9H12IN3O/c1-6-8(10)9(14)13(5-12-6)4-7-2-11-3-7/h5,7,11H,2-4H2,1H3. The van der Waals surface area contributed by atoms with Crippen LogP contribution in [0.15, 0.2) is 11.1 Å². The molecule has 14 heavy (non-hydrogen) atoms. The van der Waals surface area contributed by atoms with Gasteiger partial charge < -0.3 is 5.32 Å². The van der Waals surface area contributed by atoms with E-state index < -0.39 is 0 Å². The fraction of sp³-hybridized carbons (Fsp3) is 0.556. The lowest BCUT2D eigenvalue weighted by atomic mass is 10.0. The second-order valence-corrected chi connectivity index (χ2v) is 4.70. The van der Waals surface area contributed by atoms with Crippen molar-refractivity contribution in [3.8, 4) is 0 Å². The minimum absolute atomic E-state index is 0.0880. The molecule has 0 amide bonds. The minimum Gasteiger partial charge on any atom is -0.316 e. The Bertz CT molecular complexity index is 398. The molecule has 0 saturated carbocycles. The van der Waals surface area contributed by atoms with Gasteiger partial charge in [0, 0.05) is 25.6 Å². The minimum atomic E-state index is 0.0880. The molecule has 2 rings (SSSR count). The van der Waals surface area contributed by atoms with E-state index in [0.717, 1.165) is 28.9 Å². The van der Waals surface area contributed by atoms with Gasteiger partial charge in [0.15, 0.2) is 0 Å². The molecule has 0 radical (unpaired) electrons. The fourth-order valence-corrected chi connectivity index (χ4v) is 1.88. The number of halogens is 1. The molecule has 0 unspecified atom stereocenters. The molecule has 1 aromatic heterocycles. The Morgan fingerprint density at radius 3 is 3.00 bits per heavy atom. The third kappa shape index (κ3) is 1.83. The molecule has 2 heterocycles. The van der Waals surface area contributed by atoms with Crippen LogP contribution in [0.3, 0.4) is 0 Å². The van der Waals surface area contributed by atoms with Crippen molar-refractivity contribution in [1.29, 1.82) is 0 Å². The van der Waals surface area contributed by atoms with E-state index in [1.807, 2.05) is 6.92 Å². The molecule has 0 atom stereocenters. The van der Waals surface area contributed by atoms with Crippen molar-refractivity contribution >= 4 is 22.6 Å². The SMILES string of the molecule is Cc1ncn(CC2CNC2)c(=O)c1I. The number of hydrogen-bond acceptors (Lipinski definition) is 3. The molecule has 76 valence electrons. The van der Waals surface area contributed by atoms with Gasteiger partial charge in [-0.2, -0.15) is 0 Å². The highest BCUT2D eigenvalue weighted by Gasteiger charge is 2.18. The van der Waals surface area contributed by atoms with Crippen LogP contribution in [-0.4, -0.2) is 22.6 Å². The van der Waals surface area contributed by atoms with Crippen LogP contribution in [-0.2, 0) is 6.54 Å². The fourth-order valence-electron chi connectivity index (χ4n) is 1.43. The molecule has 0 aliphatic carbocycles. The van der Waals surface area contributed by atoms with Gasteiger partial charge in [-0.1, -0.05) is 0 Å². The lowest BCUT2D eigenvalue weighted by molar-refractivity contribution is 0.302. The van der Waals surface area contributed by atoms with E-state index in [-0.39, 0.29) is 5.56 Å². The molecule has 1 aliphatic rings. The van der Waals surface area contributed by atoms with Crippen molar-refractivity contribution in [3.63, 3.8) is 0 Å². The lowest BCUT2D eigenvalue weighted by Crippen LogP contribution is -2.45. The van der Waals surface area contributed by atoms with Gasteiger partial charge in [0.2, 0.25) is 0 Å². The highest BCUT2D eigenvalue weighted by Crippen LogP contribution is 2.06. The number of aromatic nitrogens is 2. The van der Waals surface area contributed by atoms with Crippen LogP contribution in [0.2, 0.25) is 0 Å². The van der Waals surface area contributed by atoms with Crippen molar-refractivity contribution in [2.45, 2.75) is 13.5 Å². The van der Waals surface area contributed by atoms with Gasteiger partial charge in [0.1, 0.15) is 0 Å². The summed E-state index contributed by atoms with van der Waals surface area (Å²) in [6.45, 7) is 4.67. The third-order valence-corrected chi connectivity index (χ3v) is 3.72. The topological polar surface area (TPSA) is 46.9 Å². The Hall–Kier alpha value is -0.430. The predicted molar refractivity (Wildman–Crippen MR) is 62.3 cm³/mol. The first kappa shape index (κ1) is 10.1. The van der Waals surface area contributed by atoms with E-state index in [1.54, 1.807) is 10.9 Å². The monoisotopic (exact) mass is 305 g/mol. The van der Waals surface area contributed by atoms with E-state index in [4.69, 9.17) is 0 Å². The molecule has 1 saturated heterocycles. The van der Waals surface area contributed by atoms with Gasteiger partial charge in [-0.15, -0.1) is 0 Å². The van der Waals surface area contributed by atoms with Crippen LogP contribution < -0.4 is 10.9 Å². The summed E-state index contributed by atoms with van der Waals surface area (Å²) in [5, 5.41) is 3.19. The summed E-state index contributed by atoms with van der Waals surface area (Å²) in [5.74, 6) is 0.591. The molecule has 1 N–H and O–H groups in total. The summed E-state index contributed by atoms with van der Waals surface area (Å²) in [5.41, 5.74) is 0.906. The zero-order valence-corrected chi connectivity index (χ0v) is 10.1. The maximum atomic E-state index is 11.8. The van der Waals surface area contributed by atoms with Gasteiger partial charge in [-0.05, 0) is 29.5 Å². The van der Waals surface area contributed by atoms with Crippen LogP contribution >= 0.6 is 22.6 Å². The predicted octanol–water partition coefficient (Wildman–Crippen LogP) is 0.376. The maximum Gasteiger partial charge on any atom is 0.267 e. The number of hydrogen-bond donors (Lipinski definition) is 1. The largest absolute Gasteiger partial charge is 0.316 e. The Kier molecular flexibility index (Phi) is 2.87. The molecule has 4 nitrogen and oxygen atoms in total. The quantitative estimate of drug-likeness (QED) is 0.804. The smallest absolute Gasteiger partial charge is 0.267 e. The molecule has 5 heteroatoms. The van der Waals surface area contributed by atoms with Crippen molar-refractivity contribution < 1.29 is 0 Å². The number of rotatable bonds is 2. The first-order valence-electron chi connectivity index (χ1n) is 4.60. The molecule has 0 spiro atoms. The molecule has 1 aromatic rings. The van der Waals surface area contributed by atoms with Crippen LogP contribution in [0.1, 0.15) is 5.69 Å². The van der Waals surface area contributed by atoms with Crippen molar-refractivity contribution in [2.24, 2.45) is 5.92 Å². The summed E-state index contributed by atoms with van der Waals surface area (Å²) in [6, 6.07) is 0. The Morgan fingerprint density at radius 2 is 2.43 bits per heavy atom. The Balaban J connectivity index is 2.25. The summed E-state index contributed by atoms with van der Waals surface area (Å²) in [6.07, 6.45) is 1.65. The normalized spacial score (nSPS) is 16.7. The first-order valence-corrected chi connectivity index (χ1v) is 5.68. The van der Waals surface area contributed by atoms with Crippen LogP contribution in [0.25, 0.3) is 0 Å². The van der Waals surface area contributed by atoms with Crippen LogP contribution in [0, 0.1) is 16.4 Å². The summed E-state index contributed by atoms with van der Waals surface area (Å²) in [4.78, 5) is 15.9. The zero-order chi connectivity index (χ0) is 10.1. The zero-order valence-electron chi connectivity index (χ0n) is 7.96. The van der Waals surface area contributed by atoms with Crippen molar-refractivity contribution in [3.05, 3.63) is 25.9 Å². The van der Waals surface area contributed by atoms with Crippen LogP contribution in [0.5, 0.6) is 0 Å². The van der Waals surface area contributed by atoms with E-state index in [9.17, 15) is 4.79 Å². The number of aryl methyl sites for hydroxylation is 1. The Morgan fingerprint density at radius 1 is 1.71 bits per heavy atom. The van der Waals surface area contributed by atoms with Crippen molar-refractivity contribution in [1.82, 2.24) is 14.9 Å². The molecule has 0 aromatic carbocycles. The molecular formula is C9H12IN3O. The van der Waals surface area contributed by atoms with Gasteiger partial charge in [-0.3, -0.25) is 9.36 Å². The molecular weight excluding hydrogens is 293 g/mol. The van der Waals surface area contributed by atoms with Crippen molar-refractivity contribution in [2.75, 3.05) is 13.1 Å². The average Bonchev–Trinajstić information content (AvgIpc) is 2.10. The highest BCUT2D eigenvalue weighted by molar-refractivity contribution is 14.1. The van der Waals surface area contributed by atoms with E-state index in [0.29, 0.717) is 5.92 Å². The second-order valence-electron chi connectivity index (χ2n) is 3.63. The summed E-state index contributed by atoms with van der Waals surface area (Å²) in [7, 11) is 0. The molecule has 0 bridgehead atoms. The van der Waals surface area contributed by atoms with E-state index >= 15 is 0 Å².